The highest BCUT2D eigenvalue weighted by atomic mass is 15.3. The Hall–Kier alpha value is -1.84. The minimum atomic E-state index is 0.500. The lowest BCUT2D eigenvalue weighted by molar-refractivity contribution is 0.528. The molecule has 4 nitrogen and oxygen atoms in total. The number of nitrogens with one attached hydrogen (secondary N) is 1. The maximum Gasteiger partial charge on any atom is 0.138 e. The molecule has 0 saturated heterocycles. The minimum absolute atomic E-state index is 0.500. The first kappa shape index (κ1) is 13.6. The molecule has 2 aromatic rings. The Morgan fingerprint density at radius 2 is 1.84 bits per heavy atom. The van der Waals surface area contributed by atoms with Gasteiger partial charge in [0.25, 0.3) is 0 Å². The SMILES string of the molecule is CC(C)CCC(C)Nc1ccc(-n2cncn2)cc1. The highest BCUT2D eigenvalue weighted by Gasteiger charge is 2.04. The molecule has 0 aliphatic rings. The number of hydrogen-bond acceptors (Lipinski definition) is 3. The van der Waals surface area contributed by atoms with Crippen molar-refractivity contribution in [2.24, 2.45) is 5.92 Å². The molecule has 0 bridgehead atoms. The van der Waals surface area contributed by atoms with Crippen molar-refractivity contribution in [3.8, 4) is 5.69 Å². The molecule has 0 saturated carbocycles. The quantitative estimate of drug-likeness (QED) is 0.862. The summed E-state index contributed by atoms with van der Waals surface area (Å²) in [4.78, 5) is 3.95. The average Bonchev–Trinajstić information content (AvgIpc) is 2.91. The molecule has 0 aliphatic carbocycles. The zero-order chi connectivity index (χ0) is 13.7. The van der Waals surface area contributed by atoms with Gasteiger partial charge in [-0.1, -0.05) is 13.8 Å². The van der Waals surface area contributed by atoms with E-state index >= 15 is 0 Å². The van der Waals surface area contributed by atoms with Gasteiger partial charge in [0.15, 0.2) is 0 Å². The molecular weight excluding hydrogens is 236 g/mol. The fourth-order valence-corrected chi connectivity index (χ4v) is 1.99. The van der Waals surface area contributed by atoms with E-state index in [9.17, 15) is 0 Å². The third kappa shape index (κ3) is 4.09. The zero-order valence-corrected chi connectivity index (χ0v) is 11.9. The number of nitrogens with zero attached hydrogens (tertiary/aromatic N) is 3. The van der Waals surface area contributed by atoms with Gasteiger partial charge in [-0.05, 0) is 49.9 Å². The standard InChI is InChI=1S/C15H22N4/c1-12(2)4-5-13(3)18-14-6-8-15(9-7-14)19-11-16-10-17-19/h6-13,18H,4-5H2,1-3H3. The first-order valence-electron chi connectivity index (χ1n) is 6.86. The van der Waals surface area contributed by atoms with Crippen LogP contribution in [0, 0.1) is 5.92 Å². The van der Waals surface area contributed by atoms with E-state index in [4.69, 9.17) is 0 Å². The molecule has 0 aliphatic heterocycles. The Labute approximate surface area is 114 Å². The fraction of sp³-hybridized carbons (Fsp3) is 0.467. The van der Waals surface area contributed by atoms with Gasteiger partial charge >= 0.3 is 0 Å². The second-order valence-electron chi connectivity index (χ2n) is 5.40. The van der Waals surface area contributed by atoms with Gasteiger partial charge in [0.1, 0.15) is 12.7 Å². The van der Waals surface area contributed by atoms with Crippen LogP contribution in [0.25, 0.3) is 5.69 Å². The lowest BCUT2D eigenvalue weighted by Crippen LogP contribution is -2.15. The molecule has 1 heterocycles. The van der Waals surface area contributed by atoms with Crippen LogP contribution in [0.15, 0.2) is 36.9 Å². The summed E-state index contributed by atoms with van der Waals surface area (Å²) in [7, 11) is 0. The predicted octanol–water partition coefficient (Wildman–Crippen LogP) is 3.50. The van der Waals surface area contributed by atoms with Crippen LogP contribution in [-0.4, -0.2) is 20.8 Å². The van der Waals surface area contributed by atoms with E-state index in [-0.39, 0.29) is 0 Å². The number of rotatable bonds is 6. The molecule has 1 aromatic heterocycles. The normalized spacial score (nSPS) is 12.6. The van der Waals surface area contributed by atoms with Crippen LogP contribution in [0.5, 0.6) is 0 Å². The highest BCUT2D eigenvalue weighted by Crippen LogP contribution is 2.15. The van der Waals surface area contributed by atoms with E-state index in [2.05, 4.69) is 48.3 Å². The number of aromatic nitrogens is 3. The van der Waals surface area contributed by atoms with E-state index in [1.165, 1.54) is 12.8 Å². The van der Waals surface area contributed by atoms with Crippen LogP contribution < -0.4 is 5.32 Å². The lowest BCUT2D eigenvalue weighted by atomic mass is 10.0. The van der Waals surface area contributed by atoms with E-state index < -0.39 is 0 Å². The van der Waals surface area contributed by atoms with Crippen molar-refractivity contribution in [1.82, 2.24) is 14.8 Å². The summed E-state index contributed by atoms with van der Waals surface area (Å²) < 4.78 is 1.76. The van der Waals surface area contributed by atoms with Crippen molar-refractivity contribution in [3.05, 3.63) is 36.9 Å². The van der Waals surface area contributed by atoms with Crippen molar-refractivity contribution in [2.75, 3.05) is 5.32 Å². The summed E-state index contributed by atoms with van der Waals surface area (Å²) in [5.74, 6) is 0.763. The van der Waals surface area contributed by atoms with Gasteiger partial charge in [-0.2, -0.15) is 5.10 Å². The van der Waals surface area contributed by atoms with Crippen LogP contribution in [0.3, 0.4) is 0 Å². The van der Waals surface area contributed by atoms with E-state index in [0.717, 1.165) is 17.3 Å². The summed E-state index contributed by atoms with van der Waals surface area (Å²) >= 11 is 0. The van der Waals surface area contributed by atoms with Crippen LogP contribution >= 0.6 is 0 Å². The van der Waals surface area contributed by atoms with Crippen molar-refractivity contribution >= 4 is 5.69 Å². The summed E-state index contributed by atoms with van der Waals surface area (Å²) in [5, 5.41) is 7.64. The highest BCUT2D eigenvalue weighted by molar-refractivity contribution is 5.48. The van der Waals surface area contributed by atoms with Gasteiger partial charge < -0.3 is 5.32 Å². The second-order valence-corrected chi connectivity index (χ2v) is 5.40. The first-order valence-corrected chi connectivity index (χ1v) is 6.86. The van der Waals surface area contributed by atoms with Crippen molar-refractivity contribution in [3.63, 3.8) is 0 Å². The van der Waals surface area contributed by atoms with E-state index in [1.54, 1.807) is 17.3 Å². The molecule has 0 spiro atoms. The van der Waals surface area contributed by atoms with Gasteiger partial charge in [-0.3, -0.25) is 0 Å². The zero-order valence-electron chi connectivity index (χ0n) is 11.9. The number of benzene rings is 1. The van der Waals surface area contributed by atoms with Gasteiger partial charge in [-0.15, -0.1) is 0 Å². The molecule has 19 heavy (non-hydrogen) atoms. The summed E-state index contributed by atoms with van der Waals surface area (Å²) in [5.41, 5.74) is 2.18. The second kappa shape index (κ2) is 6.36. The van der Waals surface area contributed by atoms with Gasteiger partial charge in [-0.25, -0.2) is 9.67 Å². The Morgan fingerprint density at radius 3 is 2.42 bits per heavy atom. The molecule has 102 valence electrons. The van der Waals surface area contributed by atoms with Crippen molar-refractivity contribution in [1.29, 1.82) is 0 Å². The molecule has 0 amide bonds. The largest absolute Gasteiger partial charge is 0.383 e. The van der Waals surface area contributed by atoms with Crippen LogP contribution in [0.1, 0.15) is 33.6 Å². The molecule has 1 aromatic carbocycles. The molecule has 0 fully saturated rings. The van der Waals surface area contributed by atoms with Gasteiger partial charge in [0.2, 0.25) is 0 Å². The Kier molecular flexibility index (Phi) is 4.55. The average molecular weight is 258 g/mol. The van der Waals surface area contributed by atoms with Gasteiger partial charge in [0, 0.05) is 11.7 Å². The van der Waals surface area contributed by atoms with E-state index in [1.807, 2.05) is 12.1 Å². The van der Waals surface area contributed by atoms with Crippen LogP contribution in [-0.2, 0) is 0 Å². The topological polar surface area (TPSA) is 42.7 Å². The number of anilines is 1. The fourth-order valence-electron chi connectivity index (χ4n) is 1.99. The Morgan fingerprint density at radius 1 is 1.11 bits per heavy atom. The third-order valence-electron chi connectivity index (χ3n) is 3.14. The Bertz CT molecular complexity index is 473. The van der Waals surface area contributed by atoms with Gasteiger partial charge in [0.05, 0.1) is 5.69 Å². The maximum atomic E-state index is 4.11. The first-order chi connectivity index (χ1) is 9.15. The summed E-state index contributed by atoms with van der Waals surface area (Å²) in [6.45, 7) is 6.76. The molecule has 2 rings (SSSR count). The third-order valence-corrected chi connectivity index (χ3v) is 3.14. The Balaban J connectivity index is 1.92. The predicted molar refractivity (Wildman–Crippen MR) is 78.5 cm³/mol. The lowest BCUT2D eigenvalue weighted by Gasteiger charge is -2.16. The molecule has 1 N–H and O–H groups in total. The van der Waals surface area contributed by atoms with Crippen molar-refractivity contribution in [2.45, 2.75) is 39.7 Å². The maximum absolute atomic E-state index is 4.11. The molecular formula is C15H22N4. The smallest absolute Gasteiger partial charge is 0.138 e. The monoisotopic (exact) mass is 258 g/mol. The molecule has 4 heteroatoms. The summed E-state index contributed by atoms with van der Waals surface area (Å²) in [6.07, 6.45) is 5.70. The van der Waals surface area contributed by atoms with Crippen LogP contribution in [0.4, 0.5) is 5.69 Å². The van der Waals surface area contributed by atoms with Crippen molar-refractivity contribution < 1.29 is 0 Å². The summed E-state index contributed by atoms with van der Waals surface area (Å²) in [6, 6.07) is 8.77. The molecule has 1 atom stereocenters. The number of hydrogen-bond donors (Lipinski definition) is 1. The molecule has 0 radical (unpaired) electrons. The molecule has 1 unspecified atom stereocenters. The minimum Gasteiger partial charge on any atom is -0.383 e. The van der Waals surface area contributed by atoms with E-state index in [0.29, 0.717) is 6.04 Å². The van der Waals surface area contributed by atoms with Crippen LogP contribution in [0.2, 0.25) is 0 Å².